The second-order valence-corrected chi connectivity index (χ2v) is 7.17. The fraction of sp³-hybridized carbons (Fsp3) is 0.450. The van der Waals surface area contributed by atoms with E-state index in [9.17, 15) is 14.3 Å². The molecule has 0 radical (unpaired) electrons. The van der Waals surface area contributed by atoms with Gasteiger partial charge in [0.2, 0.25) is 0 Å². The lowest BCUT2D eigenvalue weighted by Crippen LogP contribution is -2.57. The van der Waals surface area contributed by atoms with Crippen LogP contribution in [-0.2, 0) is 17.9 Å². The molecule has 6 heteroatoms. The van der Waals surface area contributed by atoms with Crippen LogP contribution >= 0.6 is 0 Å². The number of carbonyl (C=O) groups excluding carboxylic acids is 1. The summed E-state index contributed by atoms with van der Waals surface area (Å²) in [5.41, 5.74) is -0.558. The Kier molecular flexibility index (Phi) is 5.44. The molecule has 0 aliphatic carbocycles. The van der Waals surface area contributed by atoms with Gasteiger partial charge in [0, 0.05) is 19.6 Å². The van der Waals surface area contributed by atoms with Crippen molar-refractivity contribution in [2.24, 2.45) is 0 Å². The lowest BCUT2D eigenvalue weighted by atomic mass is 9.90. The summed E-state index contributed by atoms with van der Waals surface area (Å²) >= 11 is 0. The van der Waals surface area contributed by atoms with Crippen LogP contribution in [0.4, 0.5) is 4.39 Å². The summed E-state index contributed by atoms with van der Waals surface area (Å²) < 4.78 is 18.6. The van der Waals surface area contributed by atoms with Crippen molar-refractivity contribution >= 4 is 5.91 Å². The van der Waals surface area contributed by atoms with Gasteiger partial charge in [-0.2, -0.15) is 0 Å². The third-order valence-corrected chi connectivity index (χ3v) is 4.74. The zero-order valence-corrected chi connectivity index (χ0v) is 15.2. The van der Waals surface area contributed by atoms with E-state index in [2.05, 4.69) is 0 Å². The second kappa shape index (κ2) is 7.60. The highest BCUT2D eigenvalue weighted by Crippen LogP contribution is 2.26. The molecular formula is C20H25FN2O3. The van der Waals surface area contributed by atoms with Gasteiger partial charge in [0.1, 0.15) is 17.3 Å². The number of halogens is 1. The topological polar surface area (TPSA) is 56.9 Å². The van der Waals surface area contributed by atoms with E-state index >= 15 is 0 Å². The summed E-state index contributed by atoms with van der Waals surface area (Å²) in [7, 11) is 1.86. The quantitative estimate of drug-likeness (QED) is 0.861. The zero-order chi connectivity index (χ0) is 18.7. The molecule has 26 heavy (non-hydrogen) atoms. The van der Waals surface area contributed by atoms with Crippen molar-refractivity contribution in [2.45, 2.75) is 38.5 Å². The van der Waals surface area contributed by atoms with Crippen LogP contribution in [0, 0.1) is 12.7 Å². The van der Waals surface area contributed by atoms with Crippen LogP contribution in [0.5, 0.6) is 0 Å². The molecule has 0 unspecified atom stereocenters. The van der Waals surface area contributed by atoms with Gasteiger partial charge in [-0.3, -0.25) is 9.69 Å². The number of benzene rings is 1. The van der Waals surface area contributed by atoms with Crippen molar-refractivity contribution in [3.63, 3.8) is 0 Å². The molecule has 1 fully saturated rings. The summed E-state index contributed by atoms with van der Waals surface area (Å²) in [6, 6.07) is 9.90. The predicted molar refractivity (Wildman–Crippen MR) is 95.8 cm³/mol. The SMILES string of the molecule is Cc1ccc(CN(C)C[C@@]2(O)CCCN(Cc3ccc(F)cc3)C2=O)o1. The molecule has 140 valence electrons. The Bertz CT molecular complexity index is 759. The molecule has 5 nitrogen and oxygen atoms in total. The summed E-state index contributed by atoms with van der Waals surface area (Å²) in [4.78, 5) is 16.4. The standard InChI is InChI=1S/C20H25FN2O3/c1-15-4-9-18(26-15)13-22(2)14-20(25)10-3-11-23(19(20)24)12-16-5-7-17(21)8-6-16/h4-9,25H,3,10-14H2,1-2H3/t20-/m0/s1. The van der Waals surface area contributed by atoms with Crippen molar-refractivity contribution in [1.29, 1.82) is 0 Å². The van der Waals surface area contributed by atoms with Crippen molar-refractivity contribution in [3.05, 3.63) is 59.3 Å². The lowest BCUT2D eigenvalue weighted by molar-refractivity contribution is -0.160. The van der Waals surface area contributed by atoms with E-state index < -0.39 is 5.60 Å². The lowest BCUT2D eigenvalue weighted by Gasteiger charge is -2.40. The third-order valence-electron chi connectivity index (χ3n) is 4.74. The Morgan fingerprint density at radius 2 is 2.00 bits per heavy atom. The van der Waals surface area contributed by atoms with Crippen LogP contribution in [0.2, 0.25) is 0 Å². The van der Waals surface area contributed by atoms with E-state index in [1.54, 1.807) is 17.0 Å². The monoisotopic (exact) mass is 360 g/mol. The van der Waals surface area contributed by atoms with E-state index in [1.165, 1.54) is 12.1 Å². The first-order valence-corrected chi connectivity index (χ1v) is 8.86. The first kappa shape index (κ1) is 18.6. The number of furan rings is 1. The number of aryl methyl sites for hydroxylation is 1. The molecule has 0 saturated carbocycles. The predicted octanol–water partition coefficient (Wildman–Crippen LogP) is 2.71. The van der Waals surface area contributed by atoms with Crippen molar-refractivity contribution in [1.82, 2.24) is 9.80 Å². The number of aliphatic hydroxyl groups is 1. The number of amides is 1. The van der Waals surface area contributed by atoms with Gasteiger partial charge in [-0.1, -0.05) is 12.1 Å². The Labute approximate surface area is 153 Å². The molecular weight excluding hydrogens is 335 g/mol. The zero-order valence-electron chi connectivity index (χ0n) is 15.2. The van der Waals surface area contributed by atoms with Gasteiger partial charge in [-0.25, -0.2) is 4.39 Å². The first-order chi connectivity index (χ1) is 12.4. The van der Waals surface area contributed by atoms with E-state index in [0.717, 1.165) is 23.5 Å². The van der Waals surface area contributed by atoms with Crippen LogP contribution < -0.4 is 0 Å². The number of likely N-dealkylation sites (N-methyl/N-ethyl adjacent to an activating group) is 1. The minimum Gasteiger partial charge on any atom is -0.465 e. The average molecular weight is 360 g/mol. The second-order valence-electron chi connectivity index (χ2n) is 7.17. The summed E-state index contributed by atoms with van der Waals surface area (Å²) in [5, 5.41) is 11.0. The van der Waals surface area contributed by atoms with Crippen molar-refractivity contribution in [2.75, 3.05) is 20.1 Å². The van der Waals surface area contributed by atoms with E-state index in [1.807, 2.05) is 31.0 Å². The van der Waals surface area contributed by atoms with Crippen LogP contribution in [-0.4, -0.2) is 46.6 Å². The maximum Gasteiger partial charge on any atom is 0.256 e. The van der Waals surface area contributed by atoms with Crippen molar-refractivity contribution < 1.29 is 18.7 Å². The molecule has 1 amide bonds. The Morgan fingerprint density at radius 3 is 2.65 bits per heavy atom. The van der Waals surface area contributed by atoms with E-state index in [-0.39, 0.29) is 18.3 Å². The smallest absolute Gasteiger partial charge is 0.256 e. The molecule has 2 aromatic rings. The normalized spacial score (nSPS) is 20.8. The number of hydrogen-bond donors (Lipinski definition) is 1. The van der Waals surface area contributed by atoms with Gasteiger partial charge in [-0.15, -0.1) is 0 Å². The van der Waals surface area contributed by atoms with Gasteiger partial charge < -0.3 is 14.4 Å². The van der Waals surface area contributed by atoms with E-state index in [4.69, 9.17) is 4.42 Å². The summed E-state index contributed by atoms with van der Waals surface area (Å²) in [6.45, 7) is 3.63. The molecule has 0 spiro atoms. The number of piperidine rings is 1. The van der Waals surface area contributed by atoms with Gasteiger partial charge in [0.05, 0.1) is 6.54 Å². The van der Waals surface area contributed by atoms with Crippen LogP contribution in [0.25, 0.3) is 0 Å². The average Bonchev–Trinajstić information content (AvgIpc) is 2.98. The fourth-order valence-electron chi connectivity index (χ4n) is 3.51. The molecule has 1 aromatic heterocycles. The Morgan fingerprint density at radius 1 is 1.27 bits per heavy atom. The Hall–Kier alpha value is -2.18. The summed E-state index contributed by atoms with van der Waals surface area (Å²) in [5.74, 6) is 1.08. The molecule has 1 atom stereocenters. The highest BCUT2D eigenvalue weighted by atomic mass is 19.1. The number of hydrogen-bond acceptors (Lipinski definition) is 4. The fourth-order valence-corrected chi connectivity index (χ4v) is 3.51. The third kappa shape index (κ3) is 4.31. The van der Waals surface area contributed by atoms with Crippen molar-refractivity contribution in [3.8, 4) is 0 Å². The molecule has 3 rings (SSSR count). The highest BCUT2D eigenvalue weighted by Gasteiger charge is 2.42. The summed E-state index contributed by atoms with van der Waals surface area (Å²) in [6.07, 6.45) is 1.17. The van der Waals surface area contributed by atoms with Gasteiger partial charge in [-0.05, 0) is 56.6 Å². The van der Waals surface area contributed by atoms with Crippen LogP contribution in [0.15, 0.2) is 40.8 Å². The maximum atomic E-state index is 13.1. The van der Waals surface area contributed by atoms with Gasteiger partial charge in [0.25, 0.3) is 5.91 Å². The minimum atomic E-state index is -1.41. The number of rotatable bonds is 6. The first-order valence-electron chi connectivity index (χ1n) is 8.86. The van der Waals surface area contributed by atoms with E-state index in [0.29, 0.717) is 26.1 Å². The molecule has 1 saturated heterocycles. The minimum absolute atomic E-state index is 0.242. The van der Waals surface area contributed by atoms with Crippen LogP contribution in [0.1, 0.15) is 29.9 Å². The Balaban J connectivity index is 1.64. The molecule has 0 bridgehead atoms. The number of likely N-dealkylation sites (tertiary alicyclic amines) is 1. The molecule has 2 heterocycles. The number of nitrogens with zero attached hydrogens (tertiary/aromatic N) is 2. The highest BCUT2D eigenvalue weighted by molar-refractivity contribution is 5.86. The molecule has 1 aromatic carbocycles. The van der Waals surface area contributed by atoms with Crippen LogP contribution in [0.3, 0.4) is 0 Å². The number of carbonyl (C=O) groups is 1. The maximum absolute atomic E-state index is 13.1. The molecule has 1 N–H and O–H groups in total. The molecule has 1 aliphatic rings. The largest absolute Gasteiger partial charge is 0.465 e. The van der Waals surface area contributed by atoms with Gasteiger partial charge >= 0.3 is 0 Å². The molecule has 1 aliphatic heterocycles. The van der Waals surface area contributed by atoms with Gasteiger partial charge in [0.15, 0.2) is 5.60 Å².